The molecule has 0 aromatic carbocycles. The number of nitrogens with one attached hydrogen (secondary N) is 2. The van der Waals surface area contributed by atoms with E-state index < -0.39 is 23.5 Å². The van der Waals surface area contributed by atoms with Gasteiger partial charge in [0.1, 0.15) is 11.8 Å². The molecule has 1 atom stereocenters. The average Bonchev–Trinajstić information content (AvgIpc) is 2.09. The fraction of sp³-hybridized carbons (Fsp3) is 0.333. The first-order chi connectivity index (χ1) is 6.43. The Balaban J connectivity index is 3.01. The third-order valence-corrected chi connectivity index (χ3v) is 1.90. The lowest BCUT2D eigenvalue weighted by atomic mass is 9.91. The van der Waals surface area contributed by atoms with Crippen molar-refractivity contribution in [1.82, 2.24) is 5.32 Å². The highest BCUT2D eigenvalue weighted by Gasteiger charge is 2.32. The summed E-state index contributed by atoms with van der Waals surface area (Å²) in [5.41, 5.74) is -0.111. The summed E-state index contributed by atoms with van der Waals surface area (Å²) in [5, 5.41) is 9.60. The molecule has 1 unspecified atom stereocenters. The molecule has 1 amide bonds. The van der Waals surface area contributed by atoms with Crippen molar-refractivity contribution in [1.29, 1.82) is 5.41 Å². The van der Waals surface area contributed by atoms with Gasteiger partial charge < -0.3 is 5.32 Å². The van der Waals surface area contributed by atoms with Crippen LogP contribution in [0.1, 0.15) is 13.8 Å². The highest BCUT2D eigenvalue weighted by atomic mass is 16.2. The van der Waals surface area contributed by atoms with E-state index in [0.29, 0.717) is 0 Å². The van der Waals surface area contributed by atoms with Gasteiger partial charge >= 0.3 is 0 Å². The van der Waals surface area contributed by atoms with E-state index in [9.17, 15) is 14.4 Å². The molecule has 0 aromatic heterocycles. The molecule has 1 aliphatic carbocycles. The number of Topliss-reactive ketones (excluding diaryl/α,β-unsaturated/α-hetero) is 1. The second-order valence-corrected chi connectivity index (χ2v) is 3.10. The molecule has 0 spiro atoms. The Hall–Kier alpha value is -1.78. The molecule has 1 rings (SSSR count). The van der Waals surface area contributed by atoms with Gasteiger partial charge in [-0.1, -0.05) is 0 Å². The van der Waals surface area contributed by atoms with Gasteiger partial charge in [-0.2, -0.15) is 0 Å². The zero-order chi connectivity index (χ0) is 10.9. The van der Waals surface area contributed by atoms with Crippen molar-refractivity contribution in [2.45, 2.75) is 19.9 Å². The van der Waals surface area contributed by atoms with Crippen LogP contribution in [0, 0.1) is 5.41 Å². The molecule has 0 radical (unpaired) electrons. The third kappa shape index (κ3) is 1.76. The van der Waals surface area contributed by atoms with Gasteiger partial charge in [0.15, 0.2) is 5.78 Å². The number of allylic oxidation sites excluding steroid dienone is 1. The maximum atomic E-state index is 11.4. The number of ketones is 2. The van der Waals surface area contributed by atoms with E-state index in [1.807, 2.05) is 0 Å². The Morgan fingerprint density at radius 3 is 2.57 bits per heavy atom. The first kappa shape index (κ1) is 10.3. The van der Waals surface area contributed by atoms with E-state index in [0.717, 1.165) is 6.08 Å². The Labute approximate surface area is 80.7 Å². The Bertz CT molecular complexity index is 368. The number of amides is 1. The number of carbonyl (C=O) groups is 3. The lowest BCUT2D eigenvalue weighted by molar-refractivity contribution is -0.124. The van der Waals surface area contributed by atoms with E-state index in [1.54, 1.807) is 0 Å². The third-order valence-electron chi connectivity index (χ3n) is 1.90. The lowest BCUT2D eigenvalue weighted by Gasteiger charge is -2.20. The van der Waals surface area contributed by atoms with Crippen molar-refractivity contribution in [3.05, 3.63) is 11.6 Å². The normalized spacial score (nSPS) is 22.0. The van der Waals surface area contributed by atoms with Crippen LogP contribution in [0.3, 0.4) is 0 Å². The number of rotatable bonds is 1. The van der Waals surface area contributed by atoms with Crippen molar-refractivity contribution >= 4 is 23.2 Å². The van der Waals surface area contributed by atoms with Gasteiger partial charge in [-0.3, -0.25) is 19.8 Å². The highest BCUT2D eigenvalue weighted by molar-refractivity contribution is 6.52. The minimum Gasteiger partial charge on any atom is -0.341 e. The maximum absolute atomic E-state index is 11.4. The summed E-state index contributed by atoms with van der Waals surface area (Å²) < 4.78 is 0. The molecular formula is C9H10N2O3. The zero-order valence-corrected chi connectivity index (χ0v) is 7.88. The van der Waals surface area contributed by atoms with Gasteiger partial charge in [0.25, 0.3) is 0 Å². The predicted molar refractivity (Wildman–Crippen MR) is 49.1 cm³/mol. The molecule has 0 heterocycles. The van der Waals surface area contributed by atoms with Crippen LogP contribution in [0.4, 0.5) is 0 Å². The highest BCUT2D eigenvalue weighted by Crippen LogP contribution is 2.09. The topological polar surface area (TPSA) is 87.1 Å². The fourth-order valence-corrected chi connectivity index (χ4v) is 1.19. The van der Waals surface area contributed by atoms with Crippen molar-refractivity contribution in [2.24, 2.45) is 0 Å². The van der Waals surface area contributed by atoms with Gasteiger partial charge in [-0.25, -0.2) is 0 Å². The summed E-state index contributed by atoms with van der Waals surface area (Å²) >= 11 is 0. The van der Waals surface area contributed by atoms with Crippen molar-refractivity contribution in [3.63, 3.8) is 0 Å². The lowest BCUT2D eigenvalue weighted by Crippen LogP contribution is -2.50. The molecule has 0 saturated carbocycles. The van der Waals surface area contributed by atoms with Crippen LogP contribution in [0.2, 0.25) is 0 Å². The first-order valence-corrected chi connectivity index (χ1v) is 4.06. The molecule has 5 heteroatoms. The zero-order valence-electron chi connectivity index (χ0n) is 7.88. The molecule has 0 saturated heterocycles. The van der Waals surface area contributed by atoms with Gasteiger partial charge in [-0.15, -0.1) is 0 Å². The number of carbonyl (C=O) groups excluding carboxylic acids is 3. The molecule has 74 valence electrons. The molecule has 5 nitrogen and oxygen atoms in total. The summed E-state index contributed by atoms with van der Waals surface area (Å²) in [4.78, 5) is 33.3. The molecule has 1 aliphatic rings. The van der Waals surface area contributed by atoms with E-state index in [1.165, 1.54) is 13.8 Å². The van der Waals surface area contributed by atoms with E-state index in [4.69, 9.17) is 5.41 Å². The summed E-state index contributed by atoms with van der Waals surface area (Å²) in [6.45, 7) is 2.72. The Morgan fingerprint density at radius 2 is 2.07 bits per heavy atom. The predicted octanol–water partition coefficient (Wildman–Crippen LogP) is -0.391. The van der Waals surface area contributed by atoms with Crippen molar-refractivity contribution in [2.75, 3.05) is 0 Å². The first-order valence-electron chi connectivity index (χ1n) is 4.06. The molecule has 0 fully saturated rings. The molecular weight excluding hydrogens is 184 g/mol. The van der Waals surface area contributed by atoms with Crippen molar-refractivity contribution < 1.29 is 14.4 Å². The molecule has 14 heavy (non-hydrogen) atoms. The van der Waals surface area contributed by atoms with E-state index in [2.05, 4.69) is 5.32 Å². The van der Waals surface area contributed by atoms with Crippen LogP contribution in [0.15, 0.2) is 11.6 Å². The van der Waals surface area contributed by atoms with Crippen LogP contribution in [-0.2, 0) is 14.4 Å². The number of hydrogen-bond donors (Lipinski definition) is 2. The van der Waals surface area contributed by atoms with Gasteiger partial charge in [0, 0.05) is 6.92 Å². The molecule has 0 bridgehead atoms. The second-order valence-electron chi connectivity index (χ2n) is 3.10. The van der Waals surface area contributed by atoms with Gasteiger partial charge in [0.2, 0.25) is 11.7 Å². The summed E-state index contributed by atoms with van der Waals surface area (Å²) in [7, 11) is 0. The molecule has 0 aliphatic heterocycles. The smallest absolute Gasteiger partial charge is 0.217 e. The average molecular weight is 194 g/mol. The van der Waals surface area contributed by atoms with E-state index >= 15 is 0 Å². The fourth-order valence-electron chi connectivity index (χ4n) is 1.19. The minimum absolute atomic E-state index is 0.268. The van der Waals surface area contributed by atoms with Crippen LogP contribution in [0.25, 0.3) is 0 Å². The second kappa shape index (κ2) is 3.53. The summed E-state index contributed by atoms with van der Waals surface area (Å²) in [6, 6.07) is -1.11. The standard InChI is InChI=1S/C9H10N2O3/c1-4-3-6(13)7(10)8(9(4)14)11-5(2)12/h3,8,10H,1-2H3,(H,11,12). The molecule has 0 aromatic rings. The van der Waals surface area contributed by atoms with E-state index in [-0.39, 0.29) is 11.3 Å². The minimum atomic E-state index is -1.11. The quantitative estimate of drug-likeness (QED) is 0.595. The van der Waals surface area contributed by atoms with Crippen LogP contribution >= 0.6 is 0 Å². The summed E-state index contributed by atoms with van der Waals surface area (Å²) in [6.07, 6.45) is 1.11. The van der Waals surface area contributed by atoms with Crippen molar-refractivity contribution in [3.8, 4) is 0 Å². The van der Waals surface area contributed by atoms with Crippen LogP contribution in [-0.4, -0.2) is 29.2 Å². The Morgan fingerprint density at radius 1 is 1.50 bits per heavy atom. The SMILES string of the molecule is CC(=O)NC1C(=N)C(=O)C=C(C)C1=O. The summed E-state index contributed by atoms with van der Waals surface area (Å²) in [5.74, 6) is -1.36. The largest absolute Gasteiger partial charge is 0.341 e. The van der Waals surface area contributed by atoms with Gasteiger partial charge in [-0.05, 0) is 18.6 Å². The van der Waals surface area contributed by atoms with Crippen LogP contribution < -0.4 is 5.32 Å². The van der Waals surface area contributed by atoms with Crippen LogP contribution in [0.5, 0.6) is 0 Å². The number of hydrogen-bond acceptors (Lipinski definition) is 4. The monoisotopic (exact) mass is 194 g/mol. The van der Waals surface area contributed by atoms with Gasteiger partial charge in [0.05, 0.1) is 0 Å². The molecule has 2 N–H and O–H groups in total. The maximum Gasteiger partial charge on any atom is 0.217 e. The Kier molecular flexibility index (Phi) is 2.60.